The third-order valence-corrected chi connectivity index (χ3v) is 0.632. The Morgan fingerprint density at radius 1 is 1.90 bits per heavy atom. The highest BCUT2D eigenvalue weighted by Gasteiger charge is 2.10. The maximum atomic E-state index is 10.2. The highest BCUT2D eigenvalue weighted by atomic mass is 17.0. The molecule has 8 nitrogen and oxygen atoms in total. The molecule has 0 amide bonds. The maximum Gasteiger partial charge on any atom is 0.366 e. The van der Waals surface area contributed by atoms with Gasteiger partial charge in [0.25, 0.3) is 0 Å². The van der Waals surface area contributed by atoms with Crippen molar-refractivity contribution in [1.82, 2.24) is 5.16 Å². The van der Waals surface area contributed by atoms with E-state index >= 15 is 0 Å². The lowest BCUT2D eigenvalue weighted by molar-refractivity contribution is -0.839. The Hall–Kier alpha value is -1.86. The predicted molar refractivity (Wildman–Crippen MR) is 23.1 cm³/mol. The van der Waals surface area contributed by atoms with Gasteiger partial charge >= 0.3 is 11.0 Å². The van der Waals surface area contributed by atoms with E-state index in [4.69, 9.17) is 0 Å². The summed E-state index contributed by atoms with van der Waals surface area (Å²) in [7, 11) is 0. The van der Waals surface area contributed by atoms with Crippen LogP contribution in [0.1, 0.15) is 0 Å². The summed E-state index contributed by atoms with van der Waals surface area (Å²) in [4.78, 5) is 13.1. The second kappa shape index (κ2) is 2.17. The average molecular weight is 147 g/mol. The Labute approximate surface area is 53.2 Å². The molecule has 0 fully saturated rings. The van der Waals surface area contributed by atoms with Gasteiger partial charge in [0.15, 0.2) is 0 Å². The smallest absolute Gasteiger partial charge is 0.358 e. The minimum Gasteiger partial charge on any atom is -0.358 e. The number of hydrogen-bond donors (Lipinski definition) is 0. The van der Waals surface area contributed by atoms with Crippen LogP contribution in [0.4, 0.5) is 0 Å². The van der Waals surface area contributed by atoms with E-state index in [2.05, 4.69) is 14.6 Å². The number of aromatic nitrogens is 2. The summed E-state index contributed by atoms with van der Waals surface area (Å²) in [5.41, 5.74) is 0. The van der Waals surface area contributed by atoms with Gasteiger partial charge in [-0.3, -0.25) is 4.63 Å². The van der Waals surface area contributed by atoms with Crippen molar-refractivity contribution in [2.45, 2.75) is 0 Å². The summed E-state index contributed by atoms with van der Waals surface area (Å²) in [6.45, 7) is 0. The van der Waals surface area contributed by atoms with E-state index in [0.29, 0.717) is 0 Å². The monoisotopic (exact) mass is 147 g/mol. The summed E-state index contributed by atoms with van der Waals surface area (Å²) in [6.07, 6.45) is 0.788. The molecule has 0 aliphatic carbocycles. The summed E-state index contributed by atoms with van der Waals surface area (Å²) < 4.78 is 3.85. The van der Waals surface area contributed by atoms with Crippen LogP contribution in [-0.4, -0.2) is 10.2 Å². The highest BCUT2D eigenvalue weighted by molar-refractivity contribution is 4.87. The molecule has 8 heteroatoms. The van der Waals surface area contributed by atoms with Crippen LogP contribution in [-0.2, 0) is 0 Å². The molecule has 0 radical (unpaired) electrons. The van der Waals surface area contributed by atoms with Crippen LogP contribution < -0.4 is 9.74 Å². The fraction of sp³-hybridized carbons (Fsp3) is 0. The second-order valence-electron chi connectivity index (χ2n) is 1.23. The fourth-order valence-corrected chi connectivity index (χ4v) is 0.332. The first-order valence-corrected chi connectivity index (χ1v) is 2.07. The molecule has 1 aromatic heterocycles. The van der Waals surface area contributed by atoms with Crippen molar-refractivity contribution in [2.24, 2.45) is 0 Å². The fourth-order valence-electron chi connectivity index (χ4n) is 0.332. The molecule has 0 unspecified atom stereocenters. The van der Waals surface area contributed by atoms with Gasteiger partial charge in [0.1, 0.15) is 0 Å². The summed E-state index contributed by atoms with van der Waals surface area (Å²) in [5.74, 6) is -0.606. The summed E-state index contributed by atoms with van der Waals surface area (Å²) >= 11 is 0. The Bertz CT molecular complexity index is 243. The van der Waals surface area contributed by atoms with Crippen molar-refractivity contribution in [3.63, 3.8) is 0 Å². The van der Waals surface area contributed by atoms with Gasteiger partial charge in [-0.2, -0.15) is 0 Å². The third-order valence-electron chi connectivity index (χ3n) is 0.632. The van der Waals surface area contributed by atoms with Gasteiger partial charge in [-0.25, -0.2) is 4.84 Å². The molecular formula is C2HN3O5. The summed E-state index contributed by atoms with van der Waals surface area (Å²) in [5, 5.41) is 21.6. The van der Waals surface area contributed by atoms with Crippen molar-refractivity contribution < 1.29 is 19.5 Å². The Morgan fingerprint density at radius 3 is 3.00 bits per heavy atom. The van der Waals surface area contributed by atoms with E-state index in [9.17, 15) is 15.3 Å². The lowest BCUT2D eigenvalue weighted by atomic mass is 10.9. The molecule has 0 spiro atoms. The molecule has 0 bridgehead atoms. The largest absolute Gasteiger partial charge is 0.366 e. The van der Waals surface area contributed by atoms with Crippen molar-refractivity contribution in [3.8, 4) is 5.88 Å². The lowest BCUT2D eigenvalue weighted by Gasteiger charge is -1.88. The molecule has 1 heterocycles. The number of nitrogens with zero attached hydrogens (tertiary/aromatic N) is 3. The van der Waals surface area contributed by atoms with E-state index in [-0.39, 0.29) is 4.90 Å². The summed E-state index contributed by atoms with van der Waals surface area (Å²) in [6, 6.07) is 0. The minimum absolute atomic E-state index is 0.219. The lowest BCUT2D eigenvalue weighted by Crippen LogP contribution is -2.26. The zero-order valence-corrected chi connectivity index (χ0v) is 4.46. The normalized spacial score (nSPS) is 9.20. The van der Waals surface area contributed by atoms with Gasteiger partial charge < -0.3 is 5.21 Å². The molecular weight excluding hydrogens is 146 g/mol. The van der Waals surface area contributed by atoms with E-state index in [1.807, 2.05) is 0 Å². The highest BCUT2D eigenvalue weighted by Crippen LogP contribution is 1.97. The van der Waals surface area contributed by atoms with Crippen molar-refractivity contribution in [1.29, 1.82) is 0 Å². The van der Waals surface area contributed by atoms with E-state index < -0.39 is 11.0 Å². The van der Waals surface area contributed by atoms with Gasteiger partial charge in [-0.05, 0) is 4.90 Å². The SMILES string of the molecule is O=[N+]([O-])Oc1cno[n+]1[O-]. The van der Waals surface area contributed by atoms with Gasteiger partial charge in [-0.15, -0.1) is 10.1 Å². The van der Waals surface area contributed by atoms with Gasteiger partial charge in [0.2, 0.25) is 6.20 Å². The number of hydrogen-bond acceptors (Lipinski definition) is 6. The van der Waals surface area contributed by atoms with Gasteiger partial charge in [-0.1, -0.05) is 0 Å². The zero-order valence-electron chi connectivity index (χ0n) is 4.46. The molecule has 1 rings (SSSR count). The van der Waals surface area contributed by atoms with Crippen molar-refractivity contribution in [2.75, 3.05) is 0 Å². The molecule has 0 N–H and O–H groups in total. The molecule has 0 saturated heterocycles. The zero-order chi connectivity index (χ0) is 7.56. The molecule has 0 aliphatic heterocycles. The van der Waals surface area contributed by atoms with E-state index in [0.717, 1.165) is 6.20 Å². The Balaban J connectivity index is 2.74. The van der Waals surface area contributed by atoms with Crippen LogP contribution in [0, 0.1) is 15.3 Å². The first-order chi connectivity index (χ1) is 4.70. The molecule has 0 aliphatic rings. The van der Waals surface area contributed by atoms with Crippen molar-refractivity contribution in [3.05, 3.63) is 21.5 Å². The molecule has 54 valence electrons. The molecule has 0 atom stereocenters. The van der Waals surface area contributed by atoms with Crippen LogP contribution in [0.3, 0.4) is 0 Å². The first kappa shape index (κ1) is 6.26. The standard InChI is InChI=1S/C2HN3O5/c6-4-2(1-3-10-4)9-5(7)8/h1H. The first-order valence-electron chi connectivity index (χ1n) is 2.07. The van der Waals surface area contributed by atoms with E-state index in [1.165, 1.54) is 0 Å². The average Bonchev–Trinajstić information content (AvgIpc) is 2.15. The minimum atomic E-state index is -1.14. The van der Waals surface area contributed by atoms with Crippen LogP contribution >= 0.6 is 0 Å². The quantitative estimate of drug-likeness (QED) is 0.298. The Morgan fingerprint density at radius 2 is 2.60 bits per heavy atom. The second-order valence-corrected chi connectivity index (χ2v) is 1.23. The topological polar surface area (TPSA) is 105 Å². The van der Waals surface area contributed by atoms with Gasteiger partial charge in [0, 0.05) is 5.16 Å². The maximum absolute atomic E-state index is 10.2. The molecule has 0 saturated carbocycles. The van der Waals surface area contributed by atoms with Crippen LogP contribution in [0.5, 0.6) is 5.88 Å². The van der Waals surface area contributed by atoms with Crippen molar-refractivity contribution >= 4 is 0 Å². The van der Waals surface area contributed by atoms with Crippen LogP contribution in [0.2, 0.25) is 0 Å². The predicted octanol–water partition coefficient (Wildman–Crippen LogP) is -1.12. The third kappa shape index (κ3) is 1.10. The Kier molecular flexibility index (Phi) is 1.36. The molecule has 0 aromatic carbocycles. The van der Waals surface area contributed by atoms with Crippen LogP contribution in [0.15, 0.2) is 10.8 Å². The van der Waals surface area contributed by atoms with Gasteiger partial charge in [0.05, 0.1) is 0 Å². The molecule has 1 aromatic rings. The molecule has 10 heavy (non-hydrogen) atoms. The van der Waals surface area contributed by atoms with E-state index in [1.54, 1.807) is 0 Å². The number of rotatable bonds is 2. The van der Waals surface area contributed by atoms with Crippen LogP contribution in [0.25, 0.3) is 0 Å².